The topological polar surface area (TPSA) is 85.6 Å². The summed E-state index contributed by atoms with van der Waals surface area (Å²) in [6.45, 7) is 1.08. The van der Waals surface area contributed by atoms with Gasteiger partial charge in [-0.2, -0.15) is 5.26 Å². The minimum Gasteiger partial charge on any atom is -0.495 e. The zero-order valence-corrected chi connectivity index (χ0v) is 14.9. The predicted molar refractivity (Wildman–Crippen MR) is 94.5 cm³/mol. The molecular formula is C19H16ClNO5. The highest BCUT2D eigenvalue weighted by atomic mass is 35.5. The van der Waals surface area contributed by atoms with Crippen LogP contribution in [0.4, 0.5) is 0 Å². The number of nitriles is 1. The van der Waals surface area contributed by atoms with Gasteiger partial charge in [0.15, 0.2) is 18.5 Å². The van der Waals surface area contributed by atoms with Gasteiger partial charge in [-0.3, -0.25) is 4.79 Å². The molecule has 0 aliphatic heterocycles. The Morgan fingerprint density at radius 3 is 2.46 bits per heavy atom. The Balaban J connectivity index is 1.89. The number of hydrogen-bond acceptors (Lipinski definition) is 6. The summed E-state index contributed by atoms with van der Waals surface area (Å²) < 4.78 is 15.4. The second kappa shape index (κ2) is 8.88. The molecule has 0 aromatic heterocycles. The number of Topliss-reactive ketones (excluding diaryl/α,β-unsaturated/α-hetero) is 1. The van der Waals surface area contributed by atoms with Crippen LogP contribution in [-0.2, 0) is 9.53 Å². The van der Waals surface area contributed by atoms with Crippen molar-refractivity contribution in [1.82, 2.24) is 0 Å². The first kappa shape index (κ1) is 19.3. The zero-order valence-electron chi connectivity index (χ0n) is 14.2. The van der Waals surface area contributed by atoms with Crippen LogP contribution >= 0.6 is 11.6 Å². The number of ether oxygens (including phenoxy) is 3. The van der Waals surface area contributed by atoms with Crippen LogP contribution in [0, 0.1) is 11.3 Å². The summed E-state index contributed by atoms with van der Waals surface area (Å²) in [6, 6.07) is 12.8. The van der Waals surface area contributed by atoms with Gasteiger partial charge in [-0.05, 0) is 49.4 Å². The second-order valence-electron chi connectivity index (χ2n) is 5.28. The molecule has 2 rings (SSSR count). The number of hydrogen-bond donors (Lipinski definition) is 0. The van der Waals surface area contributed by atoms with E-state index in [9.17, 15) is 9.59 Å². The van der Waals surface area contributed by atoms with E-state index in [1.807, 2.05) is 6.07 Å². The predicted octanol–water partition coefficient (Wildman–Crippen LogP) is 3.41. The largest absolute Gasteiger partial charge is 0.495 e. The van der Waals surface area contributed by atoms with Crippen LogP contribution in [0.25, 0.3) is 0 Å². The van der Waals surface area contributed by atoms with Crippen LogP contribution < -0.4 is 9.47 Å². The number of halogens is 1. The van der Waals surface area contributed by atoms with Gasteiger partial charge >= 0.3 is 5.97 Å². The number of ketones is 1. The SMILES string of the molecule is COc1ccc(C(=O)COC(=O)[C@H](C)Oc2ccc(C#N)cc2)cc1Cl. The Bertz CT molecular complexity index is 842. The minimum atomic E-state index is -0.907. The van der Waals surface area contributed by atoms with Gasteiger partial charge in [-0.15, -0.1) is 0 Å². The Morgan fingerprint density at radius 2 is 1.88 bits per heavy atom. The first-order valence-electron chi connectivity index (χ1n) is 7.64. The van der Waals surface area contributed by atoms with Crippen molar-refractivity contribution in [1.29, 1.82) is 5.26 Å². The number of esters is 1. The maximum atomic E-state index is 12.1. The normalized spacial score (nSPS) is 11.2. The summed E-state index contributed by atoms with van der Waals surface area (Å²) in [5.41, 5.74) is 0.792. The number of methoxy groups -OCH3 is 1. The van der Waals surface area contributed by atoms with Crippen molar-refractivity contribution in [2.24, 2.45) is 0 Å². The van der Waals surface area contributed by atoms with Crippen molar-refractivity contribution in [3.8, 4) is 17.6 Å². The van der Waals surface area contributed by atoms with Crippen LogP contribution in [0.5, 0.6) is 11.5 Å². The molecule has 0 spiro atoms. The standard InChI is InChI=1S/C19H16ClNO5/c1-12(26-15-6-3-13(10-21)4-7-15)19(23)25-11-17(22)14-5-8-18(24-2)16(20)9-14/h3-9,12H,11H2,1-2H3/t12-/m0/s1. The zero-order chi connectivity index (χ0) is 19.1. The third-order valence-corrected chi connectivity index (χ3v) is 3.74. The molecule has 0 aliphatic rings. The average molecular weight is 374 g/mol. The van der Waals surface area contributed by atoms with Crippen LogP contribution in [0.2, 0.25) is 5.02 Å². The molecule has 0 heterocycles. The fraction of sp³-hybridized carbons (Fsp3) is 0.211. The Kier molecular flexibility index (Phi) is 6.59. The number of benzene rings is 2. The Morgan fingerprint density at radius 1 is 1.19 bits per heavy atom. The smallest absolute Gasteiger partial charge is 0.347 e. The maximum absolute atomic E-state index is 12.1. The maximum Gasteiger partial charge on any atom is 0.347 e. The van der Waals surface area contributed by atoms with E-state index in [0.29, 0.717) is 27.6 Å². The Labute approximate surface area is 155 Å². The molecule has 134 valence electrons. The van der Waals surface area contributed by atoms with Gasteiger partial charge in [-0.1, -0.05) is 11.6 Å². The third-order valence-electron chi connectivity index (χ3n) is 3.45. The molecule has 0 saturated heterocycles. The molecule has 2 aromatic rings. The molecular weight excluding hydrogens is 358 g/mol. The molecule has 0 saturated carbocycles. The lowest BCUT2D eigenvalue weighted by molar-refractivity contribution is -0.149. The van der Waals surface area contributed by atoms with Crippen molar-refractivity contribution in [2.75, 3.05) is 13.7 Å². The van der Waals surface area contributed by atoms with E-state index in [2.05, 4.69) is 0 Å². The Hall–Kier alpha value is -3.04. The van der Waals surface area contributed by atoms with Crippen molar-refractivity contribution in [2.45, 2.75) is 13.0 Å². The molecule has 0 unspecified atom stereocenters. The van der Waals surface area contributed by atoms with Crippen molar-refractivity contribution in [3.63, 3.8) is 0 Å². The molecule has 0 bridgehead atoms. The van der Waals surface area contributed by atoms with Crippen LogP contribution in [0.15, 0.2) is 42.5 Å². The molecule has 1 atom stereocenters. The highest BCUT2D eigenvalue weighted by Crippen LogP contribution is 2.25. The summed E-state index contributed by atoms with van der Waals surface area (Å²) in [7, 11) is 1.47. The van der Waals surface area contributed by atoms with E-state index in [1.54, 1.807) is 30.3 Å². The van der Waals surface area contributed by atoms with Gasteiger partial charge in [0.1, 0.15) is 11.5 Å². The molecule has 0 N–H and O–H groups in total. The van der Waals surface area contributed by atoms with Crippen molar-refractivity contribution < 1.29 is 23.8 Å². The monoisotopic (exact) mass is 373 g/mol. The van der Waals surface area contributed by atoms with E-state index in [-0.39, 0.29) is 0 Å². The van der Waals surface area contributed by atoms with Gasteiger partial charge in [0.05, 0.1) is 23.8 Å². The van der Waals surface area contributed by atoms with E-state index in [4.69, 9.17) is 31.1 Å². The van der Waals surface area contributed by atoms with Gasteiger partial charge in [0.2, 0.25) is 0 Å². The lowest BCUT2D eigenvalue weighted by atomic mass is 10.1. The summed E-state index contributed by atoms with van der Waals surface area (Å²) in [5, 5.41) is 9.04. The molecule has 0 radical (unpaired) electrons. The van der Waals surface area contributed by atoms with E-state index >= 15 is 0 Å². The van der Waals surface area contributed by atoms with Gasteiger partial charge in [-0.25, -0.2) is 4.79 Å². The second-order valence-corrected chi connectivity index (χ2v) is 5.68. The quantitative estimate of drug-likeness (QED) is 0.546. The van der Waals surface area contributed by atoms with Gasteiger partial charge < -0.3 is 14.2 Å². The lowest BCUT2D eigenvalue weighted by Crippen LogP contribution is -2.28. The number of carbonyl (C=O) groups is 2. The van der Waals surface area contributed by atoms with Gasteiger partial charge in [0.25, 0.3) is 0 Å². The molecule has 6 nitrogen and oxygen atoms in total. The highest BCUT2D eigenvalue weighted by Gasteiger charge is 2.19. The molecule has 26 heavy (non-hydrogen) atoms. The van der Waals surface area contributed by atoms with Crippen molar-refractivity contribution in [3.05, 3.63) is 58.6 Å². The summed E-state index contributed by atoms with van der Waals surface area (Å²) in [6.07, 6.45) is -0.907. The molecule has 7 heteroatoms. The van der Waals surface area contributed by atoms with E-state index < -0.39 is 24.5 Å². The molecule has 0 amide bonds. The fourth-order valence-corrected chi connectivity index (χ4v) is 2.30. The summed E-state index contributed by atoms with van der Waals surface area (Å²) in [4.78, 5) is 24.1. The van der Waals surface area contributed by atoms with Crippen LogP contribution in [-0.4, -0.2) is 31.6 Å². The molecule has 0 fully saturated rings. The van der Waals surface area contributed by atoms with Crippen molar-refractivity contribution >= 4 is 23.4 Å². The first-order valence-corrected chi connectivity index (χ1v) is 8.02. The highest BCUT2D eigenvalue weighted by molar-refractivity contribution is 6.32. The first-order chi connectivity index (χ1) is 12.4. The minimum absolute atomic E-state index is 0.294. The number of carbonyl (C=O) groups excluding carboxylic acids is 2. The lowest BCUT2D eigenvalue weighted by Gasteiger charge is -2.14. The van der Waals surface area contributed by atoms with Crippen LogP contribution in [0.1, 0.15) is 22.8 Å². The summed E-state index contributed by atoms with van der Waals surface area (Å²) >= 11 is 5.97. The molecule has 2 aromatic carbocycles. The van der Waals surface area contributed by atoms with Crippen LogP contribution in [0.3, 0.4) is 0 Å². The summed E-state index contributed by atoms with van der Waals surface area (Å²) in [5.74, 6) is -0.206. The van der Waals surface area contributed by atoms with Gasteiger partial charge in [0, 0.05) is 5.56 Å². The average Bonchev–Trinajstić information content (AvgIpc) is 2.66. The molecule has 0 aliphatic carbocycles. The number of nitrogens with zero attached hydrogens (tertiary/aromatic N) is 1. The fourth-order valence-electron chi connectivity index (χ4n) is 2.04. The van der Waals surface area contributed by atoms with E-state index in [0.717, 1.165) is 0 Å². The third kappa shape index (κ3) is 4.98. The number of rotatable bonds is 7. The van der Waals surface area contributed by atoms with E-state index in [1.165, 1.54) is 26.2 Å².